The van der Waals surface area contributed by atoms with Gasteiger partial charge in [-0.2, -0.15) is 0 Å². The smallest absolute Gasteiger partial charge is 0.160 e. The van der Waals surface area contributed by atoms with Crippen LogP contribution in [0.2, 0.25) is 0 Å². The molecule has 0 aliphatic carbocycles. The van der Waals surface area contributed by atoms with Gasteiger partial charge in [0, 0.05) is 31.7 Å². The first-order valence-electron chi connectivity index (χ1n) is 7.86. The van der Waals surface area contributed by atoms with Crippen molar-refractivity contribution in [3.63, 3.8) is 0 Å². The van der Waals surface area contributed by atoms with Gasteiger partial charge in [0.05, 0.1) is 14.2 Å². The van der Waals surface area contributed by atoms with E-state index in [1.807, 2.05) is 6.07 Å². The standard InChI is InChI=1S/C17H28N2O2/c1-5-15-11-18-13(2)12-19(15)9-8-14-6-7-16(20-3)17(10-14)21-4/h6-7,10,13,15,18H,5,8-9,11-12H2,1-4H3. The third kappa shape index (κ3) is 4.11. The molecule has 2 unspecified atom stereocenters. The maximum Gasteiger partial charge on any atom is 0.160 e. The summed E-state index contributed by atoms with van der Waals surface area (Å²) in [6.45, 7) is 7.86. The number of methoxy groups -OCH3 is 2. The van der Waals surface area contributed by atoms with Gasteiger partial charge in [0.1, 0.15) is 0 Å². The summed E-state index contributed by atoms with van der Waals surface area (Å²) in [5, 5.41) is 3.57. The van der Waals surface area contributed by atoms with Crippen molar-refractivity contribution >= 4 is 0 Å². The van der Waals surface area contributed by atoms with Gasteiger partial charge >= 0.3 is 0 Å². The van der Waals surface area contributed by atoms with Crippen molar-refractivity contribution in [2.75, 3.05) is 33.9 Å². The number of benzene rings is 1. The van der Waals surface area contributed by atoms with E-state index < -0.39 is 0 Å². The van der Waals surface area contributed by atoms with Crippen LogP contribution in [0.4, 0.5) is 0 Å². The molecule has 4 nitrogen and oxygen atoms in total. The van der Waals surface area contributed by atoms with Crippen LogP contribution in [-0.2, 0) is 6.42 Å². The van der Waals surface area contributed by atoms with E-state index in [4.69, 9.17) is 9.47 Å². The minimum absolute atomic E-state index is 0.582. The molecule has 2 atom stereocenters. The van der Waals surface area contributed by atoms with E-state index in [9.17, 15) is 0 Å². The minimum Gasteiger partial charge on any atom is -0.493 e. The van der Waals surface area contributed by atoms with Crippen LogP contribution in [0.3, 0.4) is 0 Å². The zero-order valence-electron chi connectivity index (χ0n) is 13.7. The van der Waals surface area contributed by atoms with Crippen molar-refractivity contribution in [2.45, 2.75) is 38.8 Å². The fourth-order valence-corrected chi connectivity index (χ4v) is 3.02. The molecule has 1 fully saturated rings. The Labute approximate surface area is 128 Å². The third-order valence-electron chi connectivity index (χ3n) is 4.33. The molecule has 4 heteroatoms. The van der Waals surface area contributed by atoms with E-state index in [1.54, 1.807) is 14.2 Å². The SMILES string of the molecule is CCC1CNC(C)CN1CCc1ccc(OC)c(OC)c1. The quantitative estimate of drug-likeness (QED) is 0.872. The highest BCUT2D eigenvalue weighted by Crippen LogP contribution is 2.27. The summed E-state index contributed by atoms with van der Waals surface area (Å²) in [6.07, 6.45) is 2.25. The van der Waals surface area contributed by atoms with Crippen LogP contribution in [0.5, 0.6) is 11.5 Å². The molecule has 0 aromatic heterocycles. The van der Waals surface area contributed by atoms with Crippen LogP contribution in [0.15, 0.2) is 18.2 Å². The Morgan fingerprint density at radius 3 is 2.67 bits per heavy atom. The first kappa shape index (κ1) is 16.1. The van der Waals surface area contributed by atoms with Gasteiger partial charge in [-0.25, -0.2) is 0 Å². The number of piperazine rings is 1. The first-order chi connectivity index (χ1) is 10.2. The van der Waals surface area contributed by atoms with Gasteiger partial charge in [0.25, 0.3) is 0 Å². The third-order valence-corrected chi connectivity index (χ3v) is 4.33. The molecular formula is C17H28N2O2. The molecule has 1 saturated heterocycles. The van der Waals surface area contributed by atoms with Crippen molar-refractivity contribution in [2.24, 2.45) is 0 Å². The molecule has 0 amide bonds. The van der Waals surface area contributed by atoms with E-state index in [0.717, 1.165) is 37.6 Å². The lowest BCUT2D eigenvalue weighted by molar-refractivity contribution is 0.133. The van der Waals surface area contributed by atoms with E-state index in [0.29, 0.717) is 12.1 Å². The van der Waals surface area contributed by atoms with E-state index in [1.165, 1.54) is 12.0 Å². The van der Waals surface area contributed by atoms with Crippen LogP contribution >= 0.6 is 0 Å². The maximum absolute atomic E-state index is 5.38. The van der Waals surface area contributed by atoms with E-state index in [-0.39, 0.29) is 0 Å². The second kappa shape index (κ2) is 7.66. The molecule has 1 aliphatic heterocycles. The average molecular weight is 292 g/mol. The Balaban J connectivity index is 1.98. The maximum atomic E-state index is 5.38. The molecule has 1 aromatic carbocycles. The largest absolute Gasteiger partial charge is 0.493 e. The molecule has 0 saturated carbocycles. The summed E-state index contributed by atoms with van der Waals surface area (Å²) in [7, 11) is 3.36. The number of nitrogens with one attached hydrogen (secondary N) is 1. The van der Waals surface area contributed by atoms with Crippen molar-refractivity contribution in [3.8, 4) is 11.5 Å². The number of nitrogens with zero attached hydrogens (tertiary/aromatic N) is 1. The van der Waals surface area contributed by atoms with Gasteiger partial charge in [0.2, 0.25) is 0 Å². The van der Waals surface area contributed by atoms with Crippen LogP contribution in [0.25, 0.3) is 0 Å². The Hall–Kier alpha value is -1.26. The molecule has 0 radical (unpaired) electrons. The lowest BCUT2D eigenvalue weighted by Gasteiger charge is -2.39. The predicted molar refractivity (Wildman–Crippen MR) is 86.4 cm³/mol. The second-order valence-electron chi connectivity index (χ2n) is 5.81. The summed E-state index contributed by atoms with van der Waals surface area (Å²) in [5.41, 5.74) is 1.30. The average Bonchev–Trinajstić information content (AvgIpc) is 2.52. The molecule has 1 aromatic rings. The lowest BCUT2D eigenvalue weighted by Crippen LogP contribution is -2.55. The van der Waals surface area contributed by atoms with Crippen LogP contribution < -0.4 is 14.8 Å². The predicted octanol–water partition coefficient (Wildman–Crippen LogP) is 2.32. The Bertz CT molecular complexity index is 450. The molecule has 21 heavy (non-hydrogen) atoms. The molecule has 0 bridgehead atoms. The molecule has 1 N–H and O–H groups in total. The first-order valence-corrected chi connectivity index (χ1v) is 7.86. The number of ether oxygens (including phenoxy) is 2. The topological polar surface area (TPSA) is 33.7 Å². The monoisotopic (exact) mass is 292 g/mol. The minimum atomic E-state index is 0.582. The summed E-state index contributed by atoms with van der Waals surface area (Å²) in [4.78, 5) is 2.61. The van der Waals surface area contributed by atoms with Gasteiger partial charge in [0.15, 0.2) is 11.5 Å². The van der Waals surface area contributed by atoms with Crippen molar-refractivity contribution in [3.05, 3.63) is 23.8 Å². The fraction of sp³-hybridized carbons (Fsp3) is 0.647. The van der Waals surface area contributed by atoms with Gasteiger partial charge in [-0.1, -0.05) is 13.0 Å². The molecule has 1 aliphatic rings. The number of rotatable bonds is 6. The Morgan fingerprint density at radius 1 is 1.24 bits per heavy atom. The van der Waals surface area contributed by atoms with E-state index >= 15 is 0 Å². The summed E-state index contributed by atoms with van der Waals surface area (Å²) < 4.78 is 10.7. The zero-order valence-corrected chi connectivity index (χ0v) is 13.7. The van der Waals surface area contributed by atoms with Crippen molar-refractivity contribution < 1.29 is 9.47 Å². The fourth-order valence-electron chi connectivity index (χ4n) is 3.02. The van der Waals surface area contributed by atoms with Gasteiger partial charge in [-0.05, 0) is 37.5 Å². The van der Waals surface area contributed by atoms with E-state index in [2.05, 4.69) is 36.2 Å². The summed E-state index contributed by atoms with van der Waals surface area (Å²) in [6, 6.07) is 7.45. The zero-order chi connectivity index (χ0) is 15.2. The second-order valence-corrected chi connectivity index (χ2v) is 5.81. The number of hydrogen-bond donors (Lipinski definition) is 1. The van der Waals surface area contributed by atoms with Crippen LogP contribution in [-0.4, -0.2) is 50.8 Å². The Kier molecular flexibility index (Phi) is 5.88. The summed E-state index contributed by atoms with van der Waals surface area (Å²) >= 11 is 0. The normalized spacial score (nSPS) is 23.0. The highest BCUT2D eigenvalue weighted by Gasteiger charge is 2.23. The molecule has 0 spiro atoms. The Morgan fingerprint density at radius 2 is 2.00 bits per heavy atom. The van der Waals surface area contributed by atoms with Crippen LogP contribution in [0, 0.1) is 0 Å². The van der Waals surface area contributed by atoms with Crippen LogP contribution in [0.1, 0.15) is 25.8 Å². The van der Waals surface area contributed by atoms with Gasteiger partial charge < -0.3 is 14.8 Å². The molecular weight excluding hydrogens is 264 g/mol. The highest BCUT2D eigenvalue weighted by molar-refractivity contribution is 5.42. The van der Waals surface area contributed by atoms with Gasteiger partial charge in [-0.15, -0.1) is 0 Å². The van der Waals surface area contributed by atoms with Crippen molar-refractivity contribution in [1.82, 2.24) is 10.2 Å². The van der Waals surface area contributed by atoms with Gasteiger partial charge in [-0.3, -0.25) is 4.90 Å². The lowest BCUT2D eigenvalue weighted by atomic mass is 10.1. The summed E-state index contributed by atoms with van der Waals surface area (Å²) in [5.74, 6) is 1.61. The molecule has 1 heterocycles. The number of hydrogen-bond acceptors (Lipinski definition) is 4. The van der Waals surface area contributed by atoms with Crippen molar-refractivity contribution in [1.29, 1.82) is 0 Å². The highest BCUT2D eigenvalue weighted by atomic mass is 16.5. The molecule has 118 valence electrons. The molecule has 2 rings (SSSR count).